The molecule has 1 fully saturated rings. The zero-order chi connectivity index (χ0) is 14.4. The lowest BCUT2D eigenvalue weighted by atomic mass is 10.1. The number of benzene rings is 1. The Hall–Kier alpha value is -1.55. The number of carbonyl (C=O) groups excluding carboxylic acids is 1. The molecule has 0 aromatic heterocycles. The van der Waals surface area contributed by atoms with Crippen LogP contribution in [0.15, 0.2) is 24.3 Å². The van der Waals surface area contributed by atoms with Crippen molar-refractivity contribution >= 4 is 5.91 Å². The molecule has 0 bridgehead atoms. The van der Waals surface area contributed by atoms with Crippen LogP contribution in [0.1, 0.15) is 37.0 Å². The molecule has 2 rings (SSSR count). The molecule has 4 nitrogen and oxygen atoms in total. The van der Waals surface area contributed by atoms with E-state index in [0.29, 0.717) is 24.0 Å². The van der Waals surface area contributed by atoms with Crippen LogP contribution in [0, 0.1) is 0 Å². The number of nitrogens with one attached hydrogen (secondary N) is 1. The van der Waals surface area contributed by atoms with Gasteiger partial charge in [-0.2, -0.15) is 0 Å². The van der Waals surface area contributed by atoms with Crippen molar-refractivity contribution in [2.45, 2.75) is 32.7 Å². The van der Waals surface area contributed by atoms with Gasteiger partial charge in [0.2, 0.25) is 0 Å². The SMILES string of the molecule is CCOc1ccccc1C(=O)N(CC)CC1CCCN1. The highest BCUT2D eigenvalue weighted by Crippen LogP contribution is 2.20. The van der Waals surface area contributed by atoms with Crippen LogP contribution in [-0.4, -0.2) is 43.1 Å². The average molecular weight is 276 g/mol. The monoisotopic (exact) mass is 276 g/mol. The summed E-state index contributed by atoms with van der Waals surface area (Å²) in [6.45, 7) is 7.08. The Balaban J connectivity index is 2.10. The number of nitrogens with zero attached hydrogens (tertiary/aromatic N) is 1. The van der Waals surface area contributed by atoms with Crippen LogP contribution in [-0.2, 0) is 0 Å². The predicted molar refractivity (Wildman–Crippen MR) is 80.2 cm³/mol. The Morgan fingerprint density at radius 1 is 1.40 bits per heavy atom. The third-order valence-corrected chi connectivity index (χ3v) is 3.69. The fourth-order valence-corrected chi connectivity index (χ4v) is 2.63. The summed E-state index contributed by atoms with van der Waals surface area (Å²) in [6, 6.07) is 7.92. The van der Waals surface area contributed by atoms with Crippen molar-refractivity contribution in [3.05, 3.63) is 29.8 Å². The Labute approximate surface area is 121 Å². The number of amides is 1. The van der Waals surface area contributed by atoms with Gasteiger partial charge in [0.15, 0.2) is 0 Å². The zero-order valence-electron chi connectivity index (χ0n) is 12.4. The molecule has 1 saturated heterocycles. The summed E-state index contributed by atoms with van der Waals surface area (Å²) >= 11 is 0. The molecule has 1 atom stereocenters. The molecule has 0 radical (unpaired) electrons. The summed E-state index contributed by atoms with van der Waals surface area (Å²) in [7, 11) is 0. The van der Waals surface area contributed by atoms with Gasteiger partial charge in [-0.1, -0.05) is 12.1 Å². The lowest BCUT2D eigenvalue weighted by Gasteiger charge is -2.25. The molecule has 4 heteroatoms. The molecule has 0 aliphatic carbocycles. The largest absolute Gasteiger partial charge is 0.493 e. The number of hydrogen-bond donors (Lipinski definition) is 1. The maximum Gasteiger partial charge on any atom is 0.257 e. The first kappa shape index (κ1) is 14.9. The van der Waals surface area contributed by atoms with Crippen LogP contribution < -0.4 is 10.1 Å². The van der Waals surface area contributed by atoms with Gasteiger partial charge in [-0.3, -0.25) is 4.79 Å². The van der Waals surface area contributed by atoms with Crippen molar-refractivity contribution in [3.63, 3.8) is 0 Å². The molecule has 1 unspecified atom stereocenters. The van der Waals surface area contributed by atoms with Crippen molar-refractivity contribution in [3.8, 4) is 5.75 Å². The average Bonchev–Trinajstić information content (AvgIpc) is 2.98. The van der Waals surface area contributed by atoms with Gasteiger partial charge in [-0.05, 0) is 45.4 Å². The molecule has 0 saturated carbocycles. The summed E-state index contributed by atoms with van der Waals surface area (Å²) in [6.07, 6.45) is 2.35. The first-order chi connectivity index (χ1) is 9.76. The molecule has 1 amide bonds. The maximum atomic E-state index is 12.7. The van der Waals surface area contributed by atoms with E-state index in [4.69, 9.17) is 4.74 Å². The number of ether oxygens (including phenoxy) is 1. The van der Waals surface area contributed by atoms with E-state index in [9.17, 15) is 4.79 Å². The first-order valence-corrected chi connectivity index (χ1v) is 7.50. The Morgan fingerprint density at radius 2 is 2.20 bits per heavy atom. The van der Waals surface area contributed by atoms with Gasteiger partial charge in [0.1, 0.15) is 5.75 Å². The topological polar surface area (TPSA) is 41.6 Å². The quantitative estimate of drug-likeness (QED) is 0.867. The minimum absolute atomic E-state index is 0.0604. The minimum Gasteiger partial charge on any atom is -0.493 e. The second-order valence-corrected chi connectivity index (χ2v) is 5.07. The van der Waals surface area contributed by atoms with E-state index in [1.165, 1.54) is 6.42 Å². The molecular weight excluding hydrogens is 252 g/mol. The summed E-state index contributed by atoms with van der Waals surface area (Å²) in [5.41, 5.74) is 0.661. The fourth-order valence-electron chi connectivity index (χ4n) is 2.63. The van der Waals surface area contributed by atoms with E-state index >= 15 is 0 Å². The summed E-state index contributed by atoms with van der Waals surface area (Å²) < 4.78 is 5.56. The number of rotatable bonds is 6. The minimum atomic E-state index is 0.0604. The smallest absolute Gasteiger partial charge is 0.257 e. The predicted octanol–water partition coefficient (Wildman–Crippen LogP) is 2.30. The molecule has 1 heterocycles. The molecule has 0 spiro atoms. The van der Waals surface area contributed by atoms with Gasteiger partial charge < -0.3 is 15.0 Å². The first-order valence-electron chi connectivity index (χ1n) is 7.50. The van der Waals surface area contributed by atoms with E-state index in [1.54, 1.807) is 0 Å². The third kappa shape index (κ3) is 3.51. The summed E-state index contributed by atoms with van der Waals surface area (Å²) in [5, 5.41) is 3.44. The Kier molecular flexibility index (Phi) is 5.41. The number of hydrogen-bond acceptors (Lipinski definition) is 3. The lowest BCUT2D eigenvalue weighted by Crippen LogP contribution is -2.41. The maximum absolute atomic E-state index is 12.7. The van der Waals surface area contributed by atoms with Gasteiger partial charge in [0, 0.05) is 19.1 Å². The second-order valence-electron chi connectivity index (χ2n) is 5.07. The third-order valence-electron chi connectivity index (χ3n) is 3.69. The van der Waals surface area contributed by atoms with Gasteiger partial charge in [-0.15, -0.1) is 0 Å². The molecular formula is C16H24N2O2. The fraction of sp³-hybridized carbons (Fsp3) is 0.562. The van der Waals surface area contributed by atoms with E-state index in [0.717, 1.165) is 26.1 Å². The molecule has 110 valence electrons. The van der Waals surface area contributed by atoms with Crippen LogP contribution in [0.4, 0.5) is 0 Å². The number of para-hydroxylation sites is 1. The molecule has 1 aliphatic heterocycles. The van der Waals surface area contributed by atoms with Gasteiger partial charge in [-0.25, -0.2) is 0 Å². The highest BCUT2D eigenvalue weighted by atomic mass is 16.5. The van der Waals surface area contributed by atoms with Crippen molar-refractivity contribution in [2.75, 3.05) is 26.2 Å². The number of carbonyl (C=O) groups is 1. The highest BCUT2D eigenvalue weighted by Gasteiger charge is 2.23. The van der Waals surface area contributed by atoms with E-state index in [-0.39, 0.29) is 5.91 Å². The highest BCUT2D eigenvalue weighted by molar-refractivity contribution is 5.97. The van der Waals surface area contributed by atoms with Crippen LogP contribution in [0.3, 0.4) is 0 Å². The van der Waals surface area contributed by atoms with E-state index < -0.39 is 0 Å². The lowest BCUT2D eigenvalue weighted by molar-refractivity contribution is 0.0747. The molecule has 1 aliphatic rings. The number of likely N-dealkylation sites (N-methyl/N-ethyl adjacent to an activating group) is 1. The van der Waals surface area contributed by atoms with Gasteiger partial charge in [0.05, 0.1) is 12.2 Å². The van der Waals surface area contributed by atoms with Crippen LogP contribution in [0.25, 0.3) is 0 Å². The standard InChI is InChI=1S/C16H24N2O2/c1-3-18(12-13-8-7-11-17-13)16(19)14-9-5-6-10-15(14)20-4-2/h5-6,9-10,13,17H,3-4,7-8,11-12H2,1-2H3. The summed E-state index contributed by atoms with van der Waals surface area (Å²) in [4.78, 5) is 14.6. The van der Waals surface area contributed by atoms with Crippen molar-refractivity contribution in [2.24, 2.45) is 0 Å². The molecule has 1 N–H and O–H groups in total. The molecule has 1 aromatic rings. The van der Waals surface area contributed by atoms with Crippen LogP contribution in [0.2, 0.25) is 0 Å². The van der Waals surface area contributed by atoms with Crippen molar-refractivity contribution in [1.82, 2.24) is 10.2 Å². The van der Waals surface area contributed by atoms with Gasteiger partial charge >= 0.3 is 0 Å². The van der Waals surface area contributed by atoms with E-state index in [1.807, 2.05) is 43.0 Å². The van der Waals surface area contributed by atoms with Crippen molar-refractivity contribution < 1.29 is 9.53 Å². The van der Waals surface area contributed by atoms with E-state index in [2.05, 4.69) is 5.32 Å². The van der Waals surface area contributed by atoms with Crippen LogP contribution in [0.5, 0.6) is 5.75 Å². The second kappa shape index (κ2) is 7.29. The van der Waals surface area contributed by atoms with Crippen molar-refractivity contribution in [1.29, 1.82) is 0 Å². The zero-order valence-corrected chi connectivity index (χ0v) is 12.4. The molecule has 20 heavy (non-hydrogen) atoms. The van der Waals surface area contributed by atoms with Gasteiger partial charge in [0.25, 0.3) is 5.91 Å². The summed E-state index contributed by atoms with van der Waals surface area (Å²) in [5.74, 6) is 0.739. The Bertz CT molecular complexity index is 442. The molecule has 1 aromatic carbocycles. The van der Waals surface area contributed by atoms with Crippen LogP contribution >= 0.6 is 0 Å². The normalized spacial score (nSPS) is 18.0. The Morgan fingerprint density at radius 3 is 2.85 bits per heavy atom.